The predicted octanol–water partition coefficient (Wildman–Crippen LogP) is 2.11. The van der Waals surface area contributed by atoms with Gasteiger partial charge in [-0.3, -0.25) is 0 Å². The molecule has 1 aromatic rings. The molecule has 2 atom stereocenters. The molecule has 1 heterocycles. The molecule has 2 N–H and O–H groups in total. The van der Waals surface area contributed by atoms with Crippen molar-refractivity contribution in [1.29, 1.82) is 0 Å². The molecule has 0 aromatic carbocycles. The lowest BCUT2D eigenvalue weighted by molar-refractivity contribution is 0.101. The molecule has 0 saturated heterocycles. The van der Waals surface area contributed by atoms with Gasteiger partial charge in [0.1, 0.15) is 17.5 Å². The zero-order valence-electron chi connectivity index (χ0n) is 11.6. The van der Waals surface area contributed by atoms with Crippen molar-refractivity contribution in [3.8, 4) is 0 Å². The van der Waals surface area contributed by atoms with Crippen LogP contribution in [0.3, 0.4) is 0 Å². The summed E-state index contributed by atoms with van der Waals surface area (Å²) in [6.45, 7) is 3.94. The highest BCUT2D eigenvalue weighted by atomic mass is 16.5. The van der Waals surface area contributed by atoms with E-state index in [9.17, 15) is 0 Å². The first kappa shape index (κ1) is 13.1. The Morgan fingerprint density at radius 1 is 1.17 bits per heavy atom. The first-order valence-corrected chi connectivity index (χ1v) is 6.48. The van der Waals surface area contributed by atoms with Gasteiger partial charge in [-0.1, -0.05) is 0 Å². The van der Waals surface area contributed by atoms with Crippen LogP contribution in [0.1, 0.15) is 30.7 Å². The molecule has 1 aliphatic rings. The zero-order valence-corrected chi connectivity index (χ0v) is 11.6. The summed E-state index contributed by atoms with van der Waals surface area (Å²) in [4.78, 5) is 8.87. The largest absolute Gasteiger partial charge is 0.379 e. The molecule has 0 aliphatic heterocycles. The van der Waals surface area contributed by atoms with Crippen molar-refractivity contribution >= 4 is 11.6 Å². The highest BCUT2D eigenvalue weighted by Crippen LogP contribution is 2.27. The van der Waals surface area contributed by atoms with Crippen LogP contribution in [0, 0.1) is 13.8 Å². The quantitative estimate of drug-likeness (QED) is 0.857. The van der Waals surface area contributed by atoms with E-state index < -0.39 is 0 Å². The van der Waals surface area contributed by atoms with Gasteiger partial charge in [0.15, 0.2) is 0 Å². The predicted molar refractivity (Wildman–Crippen MR) is 73.1 cm³/mol. The summed E-state index contributed by atoms with van der Waals surface area (Å²) in [6, 6.07) is 0.354. The van der Waals surface area contributed by atoms with Gasteiger partial charge < -0.3 is 15.4 Å². The van der Waals surface area contributed by atoms with E-state index in [-0.39, 0.29) is 6.10 Å². The van der Waals surface area contributed by atoms with Crippen molar-refractivity contribution in [3.05, 3.63) is 11.4 Å². The molecule has 0 bridgehead atoms. The molecular weight excluding hydrogens is 228 g/mol. The second-order valence-electron chi connectivity index (χ2n) is 4.80. The Labute approximate surface area is 108 Å². The summed E-state index contributed by atoms with van der Waals surface area (Å²) >= 11 is 0. The lowest BCUT2D eigenvalue weighted by Crippen LogP contribution is -2.30. The first-order valence-electron chi connectivity index (χ1n) is 6.48. The van der Waals surface area contributed by atoms with Gasteiger partial charge in [0.25, 0.3) is 0 Å². The van der Waals surface area contributed by atoms with Crippen LogP contribution in [-0.2, 0) is 4.74 Å². The number of aromatic nitrogens is 2. The van der Waals surface area contributed by atoms with E-state index >= 15 is 0 Å². The van der Waals surface area contributed by atoms with E-state index in [4.69, 9.17) is 4.74 Å². The van der Waals surface area contributed by atoms with E-state index in [0.29, 0.717) is 6.04 Å². The number of aryl methyl sites for hydroxylation is 1. The lowest BCUT2D eigenvalue weighted by atomic mass is 10.2. The molecule has 2 rings (SSSR count). The van der Waals surface area contributed by atoms with E-state index in [0.717, 1.165) is 35.9 Å². The molecule has 0 radical (unpaired) electrons. The summed E-state index contributed by atoms with van der Waals surface area (Å²) in [5.41, 5.74) is 1.06. The number of hydrogen-bond acceptors (Lipinski definition) is 5. The molecule has 0 spiro atoms. The molecule has 5 nitrogen and oxygen atoms in total. The average molecular weight is 250 g/mol. The van der Waals surface area contributed by atoms with Crippen LogP contribution >= 0.6 is 0 Å². The fourth-order valence-electron chi connectivity index (χ4n) is 2.56. The molecule has 18 heavy (non-hydrogen) atoms. The van der Waals surface area contributed by atoms with Gasteiger partial charge in [0, 0.05) is 19.7 Å². The Bertz CT molecular complexity index is 422. The number of rotatable bonds is 4. The van der Waals surface area contributed by atoms with Crippen LogP contribution in [0.25, 0.3) is 0 Å². The van der Waals surface area contributed by atoms with Crippen LogP contribution in [0.2, 0.25) is 0 Å². The third-order valence-electron chi connectivity index (χ3n) is 3.57. The summed E-state index contributed by atoms with van der Waals surface area (Å²) < 4.78 is 5.50. The number of methoxy groups -OCH3 is 1. The maximum atomic E-state index is 5.50. The Hall–Kier alpha value is -1.36. The molecule has 2 unspecified atom stereocenters. The summed E-state index contributed by atoms with van der Waals surface area (Å²) in [7, 11) is 3.66. The maximum Gasteiger partial charge on any atom is 0.135 e. The van der Waals surface area contributed by atoms with E-state index in [1.54, 1.807) is 7.11 Å². The van der Waals surface area contributed by atoms with Gasteiger partial charge >= 0.3 is 0 Å². The van der Waals surface area contributed by atoms with Crippen molar-refractivity contribution in [3.63, 3.8) is 0 Å². The molecule has 1 fully saturated rings. The standard InChI is InChI=1S/C13H22N4O/c1-8-12(14-3)15-9(2)16-13(8)17-10-6-5-7-11(10)18-4/h10-11H,5-7H2,1-4H3,(H2,14,15,16,17). The van der Waals surface area contributed by atoms with Gasteiger partial charge in [0.05, 0.1) is 12.1 Å². The number of anilines is 2. The van der Waals surface area contributed by atoms with Gasteiger partial charge in [-0.05, 0) is 33.1 Å². The Kier molecular flexibility index (Phi) is 4.01. The number of nitrogens with zero attached hydrogens (tertiary/aromatic N) is 2. The average Bonchev–Trinajstić information content (AvgIpc) is 2.80. The van der Waals surface area contributed by atoms with Crippen LogP contribution in [0.4, 0.5) is 11.6 Å². The summed E-state index contributed by atoms with van der Waals surface area (Å²) in [5.74, 6) is 2.58. The van der Waals surface area contributed by atoms with Crippen LogP contribution in [0.5, 0.6) is 0 Å². The molecule has 1 aliphatic carbocycles. The molecule has 0 amide bonds. The van der Waals surface area contributed by atoms with Crippen molar-refractivity contribution in [2.75, 3.05) is 24.8 Å². The lowest BCUT2D eigenvalue weighted by Gasteiger charge is -2.22. The van der Waals surface area contributed by atoms with Crippen LogP contribution < -0.4 is 10.6 Å². The van der Waals surface area contributed by atoms with E-state index in [1.165, 1.54) is 6.42 Å². The topological polar surface area (TPSA) is 59.1 Å². The fourth-order valence-corrected chi connectivity index (χ4v) is 2.56. The van der Waals surface area contributed by atoms with Crippen molar-refractivity contribution in [1.82, 2.24) is 9.97 Å². The molecule has 100 valence electrons. The third kappa shape index (κ3) is 2.56. The normalized spacial score (nSPS) is 23.1. The minimum Gasteiger partial charge on any atom is -0.379 e. The van der Waals surface area contributed by atoms with E-state index in [1.807, 2.05) is 20.9 Å². The zero-order chi connectivity index (χ0) is 13.1. The molecule has 1 saturated carbocycles. The highest BCUT2D eigenvalue weighted by molar-refractivity contribution is 5.57. The summed E-state index contributed by atoms with van der Waals surface area (Å²) in [6.07, 6.45) is 3.75. The van der Waals surface area contributed by atoms with Gasteiger partial charge in [0.2, 0.25) is 0 Å². The second-order valence-corrected chi connectivity index (χ2v) is 4.80. The first-order chi connectivity index (χ1) is 8.65. The number of hydrogen-bond donors (Lipinski definition) is 2. The maximum absolute atomic E-state index is 5.50. The number of nitrogens with one attached hydrogen (secondary N) is 2. The van der Waals surface area contributed by atoms with E-state index in [2.05, 4.69) is 20.6 Å². The van der Waals surface area contributed by atoms with Gasteiger partial charge in [-0.15, -0.1) is 0 Å². The second kappa shape index (κ2) is 5.52. The fraction of sp³-hybridized carbons (Fsp3) is 0.692. The third-order valence-corrected chi connectivity index (χ3v) is 3.57. The SMILES string of the molecule is CNc1nc(C)nc(NC2CCCC2OC)c1C. The molecule has 1 aromatic heterocycles. The van der Waals surface area contributed by atoms with Gasteiger partial charge in [-0.25, -0.2) is 9.97 Å². The van der Waals surface area contributed by atoms with Gasteiger partial charge in [-0.2, -0.15) is 0 Å². The van der Waals surface area contributed by atoms with Crippen molar-refractivity contribution in [2.24, 2.45) is 0 Å². The summed E-state index contributed by atoms with van der Waals surface area (Å²) in [5, 5.41) is 6.61. The Morgan fingerprint density at radius 2 is 1.89 bits per heavy atom. The number of ether oxygens (including phenoxy) is 1. The Balaban J connectivity index is 2.20. The van der Waals surface area contributed by atoms with Crippen LogP contribution in [0.15, 0.2) is 0 Å². The smallest absolute Gasteiger partial charge is 0.135 e. The minimum absolute atomic E-state index is 0.290. The monoisotopic (exact) mass is 250 g/mol. The Morgan fingerprint density at radius 3 is 2.56 bits per heavy atom. The van der Waals surface area contributed by atoms with Crippen LogP contribution in [-0.4, -0.2) is 36.3 Å². The molecular formula is C13H22N4O. The molecule has 5 heteroatoms. The minimum atomic E-state index is 0.290. The highest BCUT2D eigenvalue weighted by Gasteiger charge is 2.27. The van der Waals surface area contributed by atoms with Crippen molar-refractivity contribution < 1.29 is 4.74 Å². The van der Waals surface area contributed by atoms with Crippen molar-refractivity contribution in [2.45, 2.75) is 45.3 Å².